The van der Waals surface area contributed by atoms with Crippen LogP contribution in [0.5, 0.6) is 0 Å². The number of benzene rings is 4. The summed E-state index contributed by atoms with van der Waals surface area (Å²) in [6.45, 7) is 22.7. The maximum atomic E-state index is 2.42. The van der Waals surface area contributed by atoms with Crippen molar-refractivity contribution >= 4 is 21.5 Å². The summed E-state index contributed by atoms with van der Waals surface area (Å²) in [5.41, 5.74) is 16.7. The quantitative estimate of drug-likeness (QED) is 0.303. The van der Waals surface area contributed by atoms with Gasteiger partial charge in [0, 0.05) is 0 Å². The van der Waals surface area contributed by atoms with E-state index in [0.717, 1.165) is 0 Å². The molecule has 0 heteroatoms. The van der Waals surface area contributed by atoms with Gasteiger partial charge in [0.15, 0.2) is 0 Å². The summed E-state index contributed by atoms with van der Waals surface area (Å²) in [5, 5.41) is 5.64. The van der Waals surface area contributed by atoms with Crippen LogP contribution in [0.15, 0.2) is 24.3 Å². The molecule has 0 unspecified atom stereocenters. The molecule has 4 rings (SSSR count). The number of aryl methyl sites for hydroxylation is 8. The SMILES string of the molecule is Cc1cc2c(-c3cc(C)c(C)c4c(C)c(C)c(C)cc34)cc(C)c(C)c2c(C)c1C. The molecule has 4 aromatic rings. The van der Waals surface area contributed by atoms with Gasteiger partial charge in [-0.05, 0) is 158 Å². The first kappa shape index (κ1) is 20.7. The van der Waals surface area contributed by atoms with E-state index < -0.39 is 0 Å². The Hall–Kier alpha value is -2.60. The molecule has 0 aromatic heterocycles. The van der Waals surface area contributed by atoms with Gasteiger partial charge in [-0.25, -0.2) is 0 Å². The highest BCUT2D eigenvalue weighted by atomic mass is 14.2. The molecule has 0 aliphatic carbocycles. The maximum Gasteiger partial charge on any atom is -0.00960 e. The lowest BCUT2D eigenvalue weighted by atomic mass is 9.83. The smallest absolute Gasteiger partial charge is 0.00960 e. The van der Waals surface area contributed by atoms with E-state index in [1.807, 2.05) is 0 Å². The van der Waals surface area contributed by atoms with Gasteiger partial charge >= 0.3 is 0 Å². The summed E-state index contributed by atoms with van der Waals surface area (Å²) in [5.74, 6) is 0. The molecule has 0 spiro atoms. The molecule has 0 nitrogen and oxygen atoms in total. The summed E-state index contributed by atoms with van der Waals surface area (Å²) in [7, 11) is 0. The molecule has 0 saturated carbocycles. The summed E-state index contributed by atoms with van der Waals surface area (Å²) in [6, 6.07) is 9.66. The Labute approximate surface area is 182 Å². The molecular weight excluding hydrogens is 360 g/mol. The van der Waals surface area contributed by atoms with Gasteiger partial charge < -0.3 is 0 Å². The third-order valence-corrected chi connectivity index (χ3v) is 7.84. The van der Waals surface area contributed by atoms with E-state index in [1.165, 1.54) is 88.3 Å². The van der Waals surface area contributed by atoms with Crippen molar-refractivity contribution in [2.45, 2.75) is 69.2 Å². The Bertz CT molecular complexity index is 1260. The first-order valence-corrected chi connectivity index (χ1v) is 11.1. The van der Waals surface area contributed by atoms with Crippen molar-refractivity contribution in [2.24, 2.45) is 0 Å². The van der Waals surface area contributed by atoms with Crippen molar-refractivity contribution in [1.82, 2.24) is 0 Å². The number of hydrogen-bond donors (Lipinski definition) is 0. The van der Waals surface area contributed by atoms with E-state index in [1.54, 1.807) is 0 Å². The minimum Gasteiger partial charge on any atom is -0.0505 e. The molecule has 0 N–H and O–H groups in total. The molecule has 0 amide bonds. The van der Waals surface area contributed by atoms with Gasteiger partial charge in [-0.2, -0.15) is 0 Å². The zero-order chi connectivity index (χ0) is 22.1. The maximum absolute atomic E-state index is 2.42. The van der Waals surface area contributed by atoms with E-state index in [0.29, 0.717) is 0 Å². The van der Waals surface area contributed by atoms with Crippen LogP contribution in [0.4, 0.5) is 0 Å². The van der Waals surface area contributed by atoms with Crippen LogP contribution in [0.25, 0.3) is 32.7 Å². The van der Waals surface area contributed by atoms with Crippen LogP contribution in [0.3, 0.4) is 0 Å². The van der Waals surface area contributed by atoms with Crippen LogP contribution in [-0.4, -0.2) is 0 Å². The van der Waals surface area contributed by atoms with Crippen LogP contribution in [0.2, 0.25) is 0 Å². The second kappa shape index (κ2) is 6.98. The van der Waals surface area contributed by atoms with Gasteiger partial charge in [0.25, 0.3) is 0 Å². The fourth-order valence-corrected chi connectivity index (χ4v) is 5.20. The molecule has 0 aliphatic rings. The molecule has 4 aromatic carbocycles. The van der Waals surface area contributed by atoms with Gasteiger partial charge in [-0.15, -0.1) is 0 Å². The average molecular weight is 395 g/mol. The summed E-state index contributed by atoms with van der Waals surface area (Å²) >= 11 is 0. The van der Waals surface area contributed by atoms with Gasteiger partial charge in [0.05, 0.1) is 0 Å². The van der Waals surface area contributed by atoms with Crippen LogP contribution in [-0.2, 0) is 0 Å². The third-order valence-electron chi connectivity index (χ3n) is 7.84. The highest BCUT2D eigenvalue weighted by molar-refractivity contribution is 6.10. The second-order valence-corrected chi connectivity index (χ2v) is 9.46. The van der Waals surface area contributed by atoms with Crippen molar-refractivity contribution in [1.29, 1.82) is 0 Å². The normalized spacial score (nSPS) is 11.7. The minimum atomic E-state index is 1.37. The average Bonchev–Trinajstić information content (AvgIpc) is 2.69. The number of fused-ring (bicyclic) bond motifs is 2. The van der Waals surface area contributed by atoms with Gasteiger partial charge in [0.2, 0.25) is 0 Å². The molecule has 0 atom stereocenters. The Morgan fingerprint density at radius 3 is 0.967 bits per heavy atom. The predicted molar refractivity (Wildman–Crippen MR) is 134 cm³/mol. The number of rotatable bonds is 1. The predicted octanol–water partition coefficient (Wildman–Crippen LogP) is 8.74. The zero-order valence-electron chi connectivity index (χ0n) is 20.3. The molecule has 0 radical (unpaired) electrons. The van der Waals surface area contributed by atoms with Crippen LogP contribution in [0, 0.1) is 69.2 Å². The van der Waals surface area contributed by atoms with Crippen molar-refractivity contribution in [3.8, 4) is 11.1 Å². The van der Waals surface area contributed by atoms with Crippen molar-refractivity contribution in [2.75, 3.05) is 0 Å². The molecule has 0 aliphatic heterocycles. The summed E-state index contributed by atoms with van der Waals surface area (Å²) in [4.78, 5) is 0. The topological polar surface area (TPSA) is 0 Å². The zero-order valence-corrected chi connectivity index (χ0v) is 20.3. The lowest BCUT2D eigenvalue weighted by Crippen LogP contribution is -1.99. The highest BCUT2D eigenvalue weighted by Gasteiger charge is 2.18. The Kier molecular flexibility index (Phi) is 4.81. The first-order chi connectivity index (χ1) is 14.0. The van der Waals surface area contributed by atoms with Crippen LogP contribution >= 0.6 is 0 Å². The van der Waals surface area contributed by atoms with Crippen LogP contribution in [0.1, 0.15) is 55.6 Å². The van der Waals surface area contributed by atoms with Crippen LogP contribution < -0.4 is 0 Å². The highest BCUT2D eigenvalue weighted by Crippen LogP contribution is 2.42. The lowest BCUT2D eigenvalue weighted by Gasteiger charge is -2.21. The van der Waals surface area contributed by atoms with Crippen molar-refractivity contribution < 1.29 is 0 Å². The monoisotopic (exact) mass is 394 g/mol. The largest absolute Gasteiger partial charge is 0.0505 e. The summed E-state index contributed by atoms with van der Waals surface area (Å²) in [6.07, 6.45) is 0. The Morgan fingerprint density at radius 1 is 0.333 bits per heavy atom. The third kappa shape index (κ3) is 2.81. The first-order valence-electron chi connectivity index (χ1n) is 11.1. The fraction of sp³-hybridized carbons (Fsp3) is 0.333. The van der Waals surface area contributed by atoms with E-state index >= 15 is 0 Å². The van der Waals surface area contributed by atoms with E-state index in [9.17, 15) is 0 Å². The lowest BCUT2D eigenvalue weighted by molar-refractivity contribution is 1.27. The van der Waals surface area contributed by atoms with Gasteiger partial charge in [-0.3, -0.25) is 0 Å². The standard InChI is InChI=1S/C30H34/c1-15-13-27-25(11-17(3)21(7)29(27)23(9)19(15)5)26-12-18(4)22(8)30-24(10)20(6)16(2)14-28(26)30/h11-14H,1-10H3. The minimum absolute atomic E-state index is 1.37. The molecule has 0 fully saturated rings. The van der Waals surface area contributed by atoms with Crippen molar-refractivity contribution in [3.05, 3.63) is 79.9 Å². The molecule has 0 saturated heterocycles. The molecule has 154 valence electrons. The van der Waals surface area contributed by atoms with E-state index in [2.05, 4.69) is 93.5 Å². The Balaban J connectivity index is 2.28. The number of hydrogen-bond acceptors (Lipinski definition) is 0. The molecule has 30 heavy (non-hydrogen) atoms. The van der Waals surface area contributed by atoms with E-state index in [-0.39, 0.29) is 0 Å². The van der Waals surface area contributed by atoms with Crippen molar-refractivity contribution in [3.63, 3.8) is 0 Å². The van der Waals surface area contributed by atoms with E-state index in [4.69, 9.17) is 0 Å². The summed E-state index contributed by atoms with van der Waals surface area (Å²) < 4.78 is 0. The molecular formula is C30H34. The Morgan fingerprint density at radius 2 is 0.633 bits per heavy atom. The molecule has 0 heterocycles. The van der Waals surface area contributed by atoms with Gasteiger partial charge in [0.1, 0.15) is 0 Å². The van der Waals surface area contributed by atoms with Gasteiger partial charge in [-0.1, -0.05) is 24.3 Å². The fourth-order valence-electron chi connectivity index (χ4n) is 5.20. The second-order valence-electron chi connectivity index (χ2n) is 9.46. The molecule has 0 bridgehead atoms.